The molecular formula is C32H44ClN5O2. The second-order valence-electron chi connectivity index (χ2n) is 9.72. The van der Waals surface area contributed by atoms with E-state index >= 15 is 0 Å². The SMILES string of the molecule is CC.CC(=O)N/C=C\C(NCCCC1C=C(Cl)C=CCC1)=C(/C)c1ncc(-c2ccc(N3CCOCC3)cc2)[nH]1. The van der Waals surface area contributed by atoms with E-state index in [1.54, 1.807) is 6.20 Å². The molecule has 4 rings (SSSR count). The Bertz CT molecular complexity index is 1190. The molecule has 8 heteroatoms. The van der Waals surface area contributed by atoms with Crippen molar-refractivity contribution in [2.24, 2.45) is 5.92 Å². The number of imidazole rings is 1. The van der Waals surface area contributed by atoms with Crippen LogP contribution < -0.4 is 15.5 Å². The maximum atomic E-state index is 11.4. The van der Waals surface area contributed by atoms with Crippen LogP contribution in [0.1, 0.15) is 59.2 Å². The Hall–Kier alpha value is -3.29. The molecule has 0 spiro atoms. The predicted octanol–water partition coefficient (Wildman–Crippen LogP) is 6.78. The van der Waals surface area contributed by atoms with Gasteiger partial charge in [-0.3, -0.25) is 4.79 Å². The van der Waals surface area contributed by atoms with E-state index in [1.165, 1.54) is 12.6 Å². The summed E-state index contributed by atoms with van der Waals surface area (Å²) < 4.78 is 5.46. The zero-order chi connectivity index (χ0) is 28.7. The van der Waals surface area contributed by atoms with Crippen LogP contribution in [0, 0.1) is 5.92 Å². The molecule has 0 saturated carbocycles. The molecule has 3 N–H and O–H groups in total. The quantitative estimate of drug-likeness (QED) is 0.218. The van der Waals surface area contributed by atoms with Gasteiger partial charge in [0.15, 0.2) is 0 Å². The van der Waals surface area contributed by atoms with Crippen LogP contribution in [0.4, 0.5) is 5.69 Å². The summed E-state index contributed by atoms with van der Waals surface area (Å²) >= 11 is 6.25. The van der Waals surface area contributed by atoms with Gasteiger partial charge in [-0.15, -0.1) is 0 Å². The lowest BCUT2D eigenvalue weighted by Gasteiger charge is -2.28. The summed E-state index contributed by atoms with van der Waals surface area (Å²) in [5.41, 5.74) is 5.15. The first-order chi connectivity index (χ1) is 19.5. The van der Waals surface area contributed by atoms with Crippen molar-refractivity contribution in [1.82, 2.24) is 20.6 Å². The van der Waals surface area contributed by atoms with Crippen molar-refractivity contribution in [1.29, 1.82) is 0 Å². The first kappa shape index (κ1) is 31.2. The van der Waals surface area contributed by atoms with Gasteiger partial charge in [0.1, 0.15) is 5.82 Å². The molecule has 1 fully saturated rings. The van der Waals surface area contributed by atoms with Crippen LogP contribution in [0.15, 0.2) is 71.7 Å². The summed E-state index contributed by atoms with van der Waals surface area (Å²) in [6, 6.07) is 8.56. The van der Waals surface area contributed by atoms with Crippen LogP contribution in [0.2, 0.25) is 0 Å². The van der Waals surface area contributed by atoms with Crippen molar-refractivity contribution in [2.45, 2.75) is 53.4 Å². The molecule has 1 aliphatic heterocycles. The number of nitrogens with one attached hydrogen (secondary N) is 3. The first-order valence-electron chi connectivity index (χ1n) is 14.4. The second kappa shape index (κ2) is 16.7. The number of H-pyrrole nitrogens is 1. The van der Waals surface area contributed by atoms with Gasteiger partial charge < -0.3 is 25.3 Å². The maximum Gasteiger partial charge on any atom is 0.220 e. The van der Waals surface area contributed by atoms with Gasteiger partial charge in [0, 0.05) is 54.7 Å². The van der Waals surface area contributed by atoms with Crippen molar-refractivity contribution >= 4 is 28.8 Å². The Kier molecular flexibility index (Phi) is 13.1. The van der Waals surface area contributed by atoms with Gasteiger partial charge in [-0.05, 0) is 68.4 Å². The minimum Gasteiger partial charge on any atom is -0.385 e. The number of rotatable bonds is 10. The Morgan fingerprint density at radius 1 is 1.20 bits per heavy atom. The molecule has 1 aliphatic carbocycles. The normalized spacial score (nSPS) is 17.9. The van der Waals surface area contributed by atoms with Crippen LogP contribution in [0.25, 0.3) is 16.8 Å². The van der Waals surface area contributed by atoms with Crippen molar-refractivity contribution in [3.63, 3.8) is 0 Å². The number of nitrogens with zero attached hydrogens (tertiary/aromatic N) is 2. The van der Waals surface area contributed by atoms with Gasteiger partial charge in [-0.25, -0.2) is 4.98 Å². The highest BCUT2D eigenvalue weighted by molar-refractivity contribution is 6.31. The Morgan fingerprint density at radius 2 is 1.95 bits per heavy atom. The molecule has 1 unspecified atom stereocenters. The Labute approximate surface area is 244 Å². The third-order valence-electron chi connectivity index (χ3n) is 6.87. The summed E-state index contributed by atoms with van der Waals surface area (Å²) in [5.74, 6) is 1.17. The van der Waals surface area contributed by atoms with E-state index in [0.717, 1.165) is 91.9 Å². The standard InChI is InChI=1S/C30H38ClN5O2.C2H6/c1-22(28(13-15-32-23(2)37)33-14-5-7-24-6-3-4-8-26(31)20-24)30-34-21-29(35-30)25-9-11-27(12-10-25)36-16-18-38-19-17-36;1-2/h4,8-13,15,20-21,24,33H,3,5-7,14,16-19H2,1-2H3,(H,32,37)(H,34,35);1-2H3/b15-13-,28-22-;. The highest BCUT2D eigenvalue weighted by Gasteiger charge is 2.13. The summed E-state index contributed by atoms with van der Waals surface area (Å²) in [5, 5.41) is 7.11. The smallest absolute Gasteiger partial charge is 0.220 e. The van der Waals surface area contributed by atoms with Crippen LogP contribution in [0.3, 0.4) is 0 Å². The van der Waals surface area contributed by atoms with E-state index in [-0.39, 0.29) is 5.91 Å². The van der Waals surface area contributed by atoms with Crippen molar-refractivity contribution < 1.29 is 9.53 Å². The Morgan fingerprint density at radius 3 is 2.67 bits per heavy atom. The zero-order valence-electron chi connectivity index (χ0n) is 24.3. The lowest BCUT2D eigenvalue weighted by Crippen LogP contribution is -2.36. The first-order valence-corrected chi connectivity index (χ1v) is 14.8. The summed E-state index contributed by atoms with van der Waals surface area (Å²) in [6.07, 6.45) is 16.0. The number of amides is 1. The minimum atomic E-state index is -0.107. The maximum absolute atomic E-state index is 11.4. The number of carbonyl (C=O) groups excluding carboxylic acids is 1. The number of hydrogen-bond donors (Lipinski definition) is 3. The third-order valence-corrected chi connectivity index (χ3v) is 7.12. The summed E-state index contributed by atoms with van der Waals surface area (Å²) in [4.78, 5) is 21.9. The molecule has 1 aromatic heterocycles. The highest BCUT2D eigenvalue weighted by Crippen LogP contribution is 2.25. The van der Waals surface area contributed by atoms with Gasteiger partial charge >= 0.3 is 0 Å². The number of allylic oxidation sites excluding steroid dienone is 6. The lowest BCUT2D eigenvalue weighted by molar-refractivity contribution is -0.118. The largest absolute Gasteiger partial charge is 0.385 e. The number of morpholine rings is 1. The van der Waals surface area contributed by atoms with E-state index in [0.29, 0.717) is 5.92 Å². The number of halogens is 1. The Balaban J connectivity index is 0.00000216. The number of hydrogen-bond acceptors (Lipinski definition) is 5. The molecule has 2 heterocycles. The van der Waals surface area contributed by atoms with Gasteiger partial charge in [0.05, 0.1) is 25.1 Å². The van der Waals surface area contributed by atoms with Gasteiger partial charge in [-0.2, -0.15) is 0 Å². The predicted molar refractivity (Wildman–Crippen MR) is 167 cm³/mol. The number of benzene rings is 1. The van der Waals surface area contributed by atoms with E-state index in [2.05, 4.69) is 61.9 Å². The van der Waals surface area contributed by atoms with E-state index in [9.17, 15) is 4.79 Å². The molecule has 7 nitrogen and oxygen atoms in total. The van der Waals surface area contributed by atoms with Crippen LogP contribution in [-0.2, 0) is 9.53 Å². The monoisotopic (exact) mass is 565 g/mol. The van der Waals surface area contributed by atoms with Gasteiger partial charge in [0.2, 0.25) is 5.91 Å². The third kappa shape index (κ3) is 9.72. The van der Waals surface area contributed by atoms with Crippen molar-refractivity contribution in [2.75, 3.05) is 37.7 Å². The van der Waals surface area contributed by atoms with Gasteiger partial charge in [-0.1, -0.05) is 49.7 Å². The fourth-order valence-corrected chi connectivity index (χ4v) is 4.97. The van der Waals surface area contributed by atoms with Crippen LogP contribution in [0.5, 0.6) is 0 Å². The highest BCUT2D eigenvalue weighted by atomic mass is 35.5. The van der Waals surface area contributed by atoms with E-state index < -0.39 is 0 Å². The van der Waals surface area contributed by atoms with Crippen molar-refractivity contribution in [3.8, 4) is 11.3 Å². The fourth-order valence-electron chi connectivity index (χ4n) is 4.70. The molecule has 1 amide bonds. The molecule has 0 radical (unpaired) electrons. The molecular weight excluding hydrogens is 522 g/mol. The van der Waals surface area contributed by atoms with Crippen molar-refractivity contribution in [3.05, 3.63) is 77.5 Å². The zero-order valence-corrected chi connectivity index (χ0v) is 25.1. The van der Waals surface area contributed by atoms with Crippen LogP contribution >= 0.6 is 11.6 Å². The average Bonchev–Trinajstić information content (AvgIpc) is 3.38. The van der Waals surface area contributed by atoms with Gasteiger partial charge in [0.25, 0.3) is 0 Å². The van der Waals surface area contributed by atoms with E-state index in [1.807, 2.05) is 39.1 Å². The molecule has 2 aromatic rings. The number of ether oxygens (including phenoxy) is 1. The second-order valence-corrected chi connectivity index (χ2v) is 10.2. The number of carbonyl (C=O) groups is 1. The summed E-state index contributed by atoms with van der Waals surface area (Å²) in [6.45, 7) is 11.7. The average molecular weight is 566 g/mol. The summed E-state index contributed by atoms with van der Waals surface area (Å²) in [7, 11) is 0. The number of aromatic nitrogens is 2. The molecule has 1 atom stereocenters. The molecule has 216 valence electrons. The number of anilines is 1. The molecule has 1 saturated heterocycles. The van der Waals surface area contributed by atoms with E-state index in [4.69, 9.17) is 16.3 Å². The lowest BCUT2D eigenvalue weighted by atomic mass is 9.98. The van der Waals surface area contributed by atoms with Crippen LogP contribution in [-0.4, -0.2) is 48.7 Å². The minimum absolute atomic E-state index is 0.107. The molecule has 40 heavy (non-hydrogen) atoms. The number of aromatic amines is 1. The molecule has 0 bridgehead atoms. The topological polar surface area (TPSA) is 82.3 Å². The molecule has 2 aliphatic rings. The fraction of sp³-hybridized carbons (Fsp3) is 0.438. The molecule has 1 aromatic carbocycles.